The maximum Gasteiger partial charge on any atom is 0.220 e. The number of para-hydroxylation sites is 2. The number of amides is 1. The standard InChI is InChI=1S/C33H33FN4O/c34-26-16-13-25(14-17-26)33-29(28-9-4-5-10-30(28)37-33)20-19-27-18-15-24-8-3-6-11-31(24)38(27)23-7-1-2-12-32(39)36-22-21-35/h3-6,8-11,13-20H,1-2,7,12,21-23,35H2,(H,36,39)/p+1. The Labute approximate surface area is 228 Å². The number of aromatic amines is 1. The zero-order valence-electron chi connectivity index (χ0n) is 22.0. The van der Waals surface area contributed by atoms with E-state index in [2.05, 4.69) is 75.6 Å². The van der Waals surface area contributed by atoms with E-state index in [-0.39, 0.29) is 11.7 Å². The Morgan fingerprint density at radius 2 is 1.69 bits per heavy atom. The first-order valence-corrected chi connectivity index (χ1v) is 13.6. The predicted octanol–water partition coefficient (Wildman–Crippen LogP) is 6.22. The first-order valence-electron chi connectivity index (χ1n) is 13.6. The first-order chi connectivity index (χ1) is 19.1. The van der Waals surface area contributed by atoms with Crippen LogP contribution in [0.1, 0.15) is 36.9 Å². The smallest absolute Gasteiger partial charge is 0.220 e. The molecule has 4 N–H and O–H groups in total. The molecule has 0 spiro atoms. The van der Waals surface area contributed by atoms with Crippen LogP contribution in [0, 0.1) is 5.82 Å². The van der Waals surface area contributed by atoms with Crippen molar-refractivity contribution in [1.29, 1.82) is 0 Å². The minimum atomic E-state index is -0.250. The molecule has 5 rings (SSSR count). The Morgan fingerprint density at radius 1 is 0.897 bits per heavy atom. The highest BCUT2D eigenvalue weighted by atomic mass is 19.1. The van der Waals surface area contributed by atoms with Gasteiger partial charge in [-0.15, -0.1) is 0 Å². The van der Waals surface area contributed by atoms with Crippen molar-refractivity contribution < 1.29 is 13.8 Å². The van der Waals surface area contributed by atoms with Gasteiger partial charge in [0.25, 0.3) is 0 Å². The molecule has 0 radical (unpaired) electrons. The lowest BCUT2D eigenvalue weighted by Crippen LogP contribution is -2.38. The number of hydrogen-bond donors (Lipinski definition) is 3. The van der Waals surface area contributed by atoms with Gasteiger partial charge in [-0.1, -0.05) is 30.3 Å². The highest BCUT2D eigenvalue weighted by Crippen LogP contribution is 2.32. The second kappa shape index (κ2) is 12.5. The van der Waals surface area contributed by atoms with Crippen molar-refractivity contribution in [3.8, 4) is 11.3 Å². The molecule has 5 nitrogen and oxygen atoms in total. The van der Waals surface area contributed by atoms with E-state index in [9.17, 15) is 9.18 Å². The van der Waals surface area contributed by atoms with Crippen LogP contribution in [0.5, 0.6) is 0 Å². The predicted molar refractivity (Wildman–Crippen MR) is 157 cm³/mol. The Bertz CT molecular complexity index is 1600. The normalized spacial score (nSPS) is 11.5. The summed E-state index contributed by atoms with van der Waals surface area (Å²) in [4.78, 5) is 15.4. The van der Waals surface area contributed by atoms with Crippen LogP contribution >= 0.6 is 0 Å². The topological polar surface area (TPSA) is 74.8 Å². The molecule has 1 amide bonds. The van der Waals surface area contributed by atoms with E-state index in [1.165, 1.54) is 23.0 Å². The lowest BCUT2D eigenvalue weighted by Gasteiger charge is -2.06. The lowest BCUT2D eigenvalue weighted by atomic mass is 10.0. The van der Waals surface area contributed by atoms with Crippen molar-refractivity contribution in [2.75, 3.05) is 13.1 Å². The third-order valence-electron chi connectivity index (χ3n) is 7.02. The molecule has 0 bridgehead atoms. The number of carbonyl (C=O) groups is 1. The first kappa shape index (κ1) is 26.3. The van der Waals surface area contributed by atoms with Crippen molar-refractivity contribution in [2.24, 2.45) is 5.73 Å². The second-order valence-corrected chi connectivity index (χ2v) is 9.72. The van der Waals surface area contributed by atoms with E-state index in [1.807, 2.05) is 24.3 Å². The van der Waals surface area contributed by atoms with Crippen molar-refractivity contribution in [3.05, 3.63) is 102 Å². The fraction of sp³-hybridized carbons (Fsp3) is 0.212. The van der Waals surface area contributed by atoms with Crippen molar-refractivity contribution in [1.82, 2.24) is 10.3 Å². The number of halogens is 1. The molecule has 39 heavy (non-hydrogen) atoms. The van der Waals surface area contributed by atoms with Crippen molar-refractivity contribution in [2.45, 2.75) is 32.2 Å². The van der Waals surface area contributed by atoms with Gasteiger partial charge in [-0.25, -0.2) is 4.39 Å². The Morgan fingerprint density at radius 3 is 2.54 bits per heavy atom. The number of unbranched alkanes of at least 4 members (excludes halogenated alkanes) is 2. The summed E-state index contributed by atoms with van der Waals surface area (Å²) in [5, 5.41) is 5.15. The van der Waals surface area contributed by atoms with Gasteiger partial charge in [0.1, 0.15) is 12.4 Å². The summed E-state index contributed by atoms with van der Waals surface area (Å²) in [6.45, 7) is 1.84. The molecule has 0 unspecified atom stereocenters. The number of pyridine rings is 1. The number of nitrogens with one attached hydrogen (secondary N) is 2. The summed E-state index contributed by atoms with van der Waals surface area (Å²) in [6.07, 6.45) is 7.63. The Kier molecular flexibility index (Phi) is 8.44. The van der Waals surface area contributed by atoms with Crippen LogP contribution in [0.4, 0.5) is 4.39 Å². The second-order valence-electron chi connectivity index (χ2n) is 9.72. The van der Waals surface area contributed by atoms with Crippen molar-refractivity contribution >= 4 is 39.9 Å². The number of nitrogens with zero attached hydrogens (tertiary/aromatic N) is 1. The van der Waals surface area contributed by atoms with Gasteiger partial charge in [-0.2, -0.15) is 4.57 Å². The van der Waals surface area contributed by atoms with E-state index in [4.69, 9.17) is 5.73 Å². The molecule has 2 heterocycles. The van der Waals surface area contributed by atoms with Crippen LogP contribution in [-0.4, -0.2) is 24.0 Å². The lowest BCUT2D eigenvalue weighted by molar-refractivity contribution is -0.673. The molecule has 0 saturated carbocycles. The number of hydrogen-bond acceptors (Lipinski definition) is 2. The maximum atomic E-state index is 13.6. The summed E-state index contributed by atoms with van der Waals surface area (Å²) in [6, 6.07) is 27.6. The molecular weight excluding hydrogens is 487 g/mol. The molecule has 5 aromatic rings. The SMILES string of the molecule is NCCNC(=O)CCCCC[n+]1c(/C=C/c2c(-c3ccc(F)cc3)[nH]c3ccccc23)ccc2ccccc21. The summed E-state index contributed by atoms with van der Waals surface area (Å²) in [5.41, 5.74) is 11.8. The number of aryl methyl sites for hydroxylation is 1. The van der Waals surface area contributed by atoms with Crippen LogP contribution in [-0.2, 0) is 11.3 Å². The molecule has 6 heteroatoms. The summed E-state index contributed by atoms with van der Waals surface area (Å²) in [7, 11) is 0. The number of carbonyl (C=O) groups excluding carboxylic acids is 1. The minimum Gasteiger partial charge on any atom is -0.355 e. The van der Waals surface area contributed by atoms with E-state index in [1.54, 1.807) is 0 Å². The fourth-order valence-corrected chi connectivity index (χ4v) is 5.06. The van der Waals surface area contributed by atoms with Crippen molar-refractivity contribution in [3.63, 3.8) is 0 Å². The van der Waals surface area contributed by atoms with Gasteiger partial charge in [0.15, 0.2) is 0 Å². The number of nitrogens with two attached hydrogens (primary N) is 1. The molecular formula is C33H34FN4O+. The zero-order chi connectivity index (χ0) is 27.0. The van der Waals surface area contributed by atoms with E-state index >= 15 is 0 Å². The number of rotatable bonds is 11. The number of fused-ring (bicyclic) bond motifs is 2. The van der Waals surface area contributed by atoms with Crippen LogP contribution in [0.2, 0.25) is 0 Å². The molecule has 0 fully saturated rings. The number of aromatic nitrogens is 2. The molecule has 0 aliphatic heterocycles. The largest absolute Gasteiger partial charge is 0.355 e. The maximum absolute atomic E-state index is 13.6. The van der Waals surface area contributed by atoms with Gasteiger partial charge in [-0.05, 0) is 66.9 Å². The monoisotopic (exact) mass is 521 g/mol. The van der Waals surface area contributed by atoms with Crippen LogP contribution in [0.15, 0.2) is 84.9 Å². The average molecular weight is 522 g/mol. The van der Waals surface area contributed by atoms with Gasteiger partial charge in [0.2, 0.25) is 17.1 Å². The van der Waals surface area contributed by atoms with Gasteiger partial charge < -0.3 is 16.0 Å². The molecule has 3 aromatic carbocycles. The van der Waals surface area contributed by atoms with Gasteiger partial charge in [0.05, 0.1) is 5.69 Å². The van der Waals surface area contributed by atoms with Gasteiger partial charge in [-0.3, -0.25) is 4.79 Å². The van der Waals surface area contributed by atoms with Gasteiger partial charge in [0, 0.05) is 66.0 Å². The third kappa shape index (κ3) is 6.24. The molecule has 0 atom stereocenters. The van der Waals surface area contributed by atoms with Crippen LogP contribution in [0.3, 0.4) is 0 Å². The molecule has 0 aliphatic rings. The molecule has 2 aromatic heterocycles. The average Bonchev–Trinajstić information content (AvgIpc) is 3.34. The highest BCUT2D eigenvalue weighted by molar-refractivity contribution is 5.98. The molecule has 0 aliphatic carbocycles. The van der Waals surface area contributed by atoms with Crippen LogP contribution < -0.4 is 15.6 Å². The molecule has 198 valence electrons. The Balaban J connectivity index is 1.43. The van der Waals surface area contributed by atoms with E-state index in [0.29, 0.717) is 19.5 Å². The Hall–Kier alpha value is -4.29. The quantitative estimate of drug-likeness (QED) is 0.143. The summed E-state index contributed by atoms with van der Waals surface area (Å²) >= 11 is 0. The van der Waals surface area contributed by atoms with Gasteiger partial charge >= 0.3 is 0 Å². The molecule has 0 saturated heterocycles. The number of benzene rings is 3. The third-order valence-corrected chi connectivity index (χ3v) is 7.02. The highest BCUT2D eigenvalue weighted by Gasteiger charge is 2.15. The zero-order valence-corrected chi connectivity index (χ0v) is 22.0. The number of H-pyrrole nitrogens is 1. The fourth-order valence-electron chi connectivity index (χ4n) is 5.06. The van der Waals surface area contributed by atoms with E-state index < -0.39 is 0 Å². The summed E-state index contributed by atoms with van der Waals surface area (Å²) in [5.74, 6) is -0.182. The van der Waals surface area contributed by atoms with Crippen LogP contribution in [0.25, 0.3) is 45.2 Å². The van der Waals surface area contributed by atoms with E-state index in [0.717, 1.165) is 59.2 Å². The summed E-state index contributed by atoms with van der Waals surface area (Å²) < 4.78 is 16.0. The minimum absolute atomic E-state index is 0.0672.